The van der Waals surface area contributed by atoms with Gasteiger partial charge in [-0.1, -0.05) is 13.8 Å². The normalized spacial score (nSPS) is 14.6. The van der Waals surface area contributed by atoms with Crippen molar-refractivity contribution in [1.29, 1.82) is 0 Å². The molecule has 100 valence electrons. The van der Waals surface area contributed by atoms with Crippen LogP contribution in [0.4, 0.5) is 5.69 Å². The van der Waals surface area contributed by atoms with Gasteiger partial charge in [0.15, 0.2) is 0 Å². The van der Waals surface area contributed by atoms with Crippen LogP contribution in [0.2, 0.25) is 0 Å². The summed E-state index contributed by atoms with van der Waals surface area (Å²) in [5.74, 6) is 0.525. The Hall–Kier alpha value is -1.49. The third kappa shape index (κ3) is 3.04. The average Bonchev–Trinajstić information content (AvgIpc) is 2.30. The summed E-state index contributed by atoms with van der Waals surface area (Å²) < 4.78 is 0. The van der Waals surface area contributed by atoms with Crippen molar-refractivity contribution in [2.75, 3.05) is 7.05 Å². The van der Waals surface area contributed by atoms with Crippen LogP contribution in [0.3, 0.4) is 0 Å². The highest BCUT2D eigenvalue weighted by Gasteiger charge is 2.25. The van der Waals surface area contributed by atoms with E-state index in [1.54, 1.807) is 19.2 Å². The van der Waals surface area contributed by atoms with Gasteiger partial charge in [0, 0.05) is 29.8 Å². The Kier molecular flexibility index (Phi) is 4.78. The predicted molar refractivity (Wildman–Crippen MR) is 71.7 cm³/mol. The second kappa shape index (κ2) is 5.91. The van der Waals surface area contributed by atoms with Gasteiger partial charge in [0.05, 0.1) is 10.6 Å². The van der Waals surface area contributed by atoms with E-state index in [0.29, 0.717) is 11.5 Å². The molecule has 5 heteroatoms. The molecule has 0 bridgehead atoms. The fourth-order valence-corrected chi connectivity index (χ4v) is 2.26. The smallest absolute Gasteiger partial charge is 0.275 e. The minimum absolute atomic E-state index is 0.147. The zero-order chi connectivity index (χ0) is 13.9. The molecule has 0 amide bonds. The van der Waals surface area contributed by atoms with Crippen molar-refractivity contribution in [2.24, 2.45) is 5.92 Å². The molecular formula is C13H21N3O2. The molecule has 1 N–H and O–H groups in total. The Morgan fingerprint density at radius 3 is 2.44 bits per heavy atom. The highest BCUT2D eigenvalue weighted by molar-refractivity contribution is 5.39. The first-order valence-corrected chi connectivity index (χ1v) is 6.16. The van der Waals surface area contributed by atoms with Crippen molar-refractivity contribution >= 4 is 5.69 Å². The fraction of sp³-hybridized carbons (Fsp3) is 0.615. The molecule has 0 aliphatic heterocycles. The van der Waals surface area contributed by atoms with Crippen LogP contribution in [0.5, 0.6) is 0 Å². The number of hydrogen-bond acceptors (Lipinski definition) is 4. The Balaban J connectivity index is 3.21. The molecular weight excluding hydrogens is 230 g/mol. The first kappa shape index (κ1) is 14.6. The number of likely N-dealkylation sites (N-methyl/N-ethyl adjacent to an activating group) is 1. The number of aromatic nitrogens is 1. The maximum Gasteiger partial charge on any atom is 0.275 e. The lowest BCUT2D eigenvalue weighted by Gasteiger charge is -2.26. The van der Waals surface area contributed by atoms with Crippen LogP contribution >= 0.6 is 0 Å². The maximum absolute atomic E-state index is 11.0. The standard InChI is InChI=1S/C13H21N3O2/c1-8(2)13(10(4)14-5)11-6-12(16(17)18)9(3)7-15-11/h6-8,10,13-14H,1-5H3. The highest BCUT2D eigenvalue weighted by atomic mass is 16.6. The van der Waals surface area contributed by atoms with Gasteiger partial charge in [0.2, 0.25) is 0 Å². The summed E-state index contributed by atoms with van der Waals surface area (Å²) >= 11 is 0. The van der Waals surface area contributed by atoms with Gasteiger partial charge in [-0.2, -0.15) is 0 Å². The summed E-state index contributed by atoms with van der Waals surface area (Å²) in [5.41, 5.74) is 1.53. The van der Waals surface area contributed by atoms with Gasteiger partial charge in [0.1, 0.15) is 0 Å². The average molecular weight is 251 g/mol. The highest BCUT2D eigenvalue weighted by Crippen LogP contribution is 2.29. The number of nitro groups is 1. The maximum atomic E-state index is 11.0. The Morgan fingerprint density at radius 1 is 1.39 bits per heavy atom. The molecule has 5 nitrogen and oxygen atoms in total. The topological polar surface area (TPSA) is 68.1 Å². The van der Waals surface area contributed by atoms with Crippen molar-refractivity contribution in [3.8, 4) is 0 Å². The summed E-state index contributed by atoms with van der Waals surface area (Å²) in [5, 5.41) is 14.2. The molecule has 0 spiro atoms. The summed E-state index contributed by atoms with van der Waals surface area (Å²) in [6.07, 6.45) is 1.59. The minimum Gasteiger partial charge on any atom is -0.317 e. The second-order valence-electron chi connectivity index (χ2n) is 5.00. The van der Waals surface area contributed by atoms with E-state index >= 15 is 0 Å². The zero-order valence-corrected chi connectivity index (χ0v) is 11.6. The molecule has 0 saturated heterocycles. The molecule has 0 radical (unpaired) electrons. The number of hydrogen-bond donors (Lipinski definition) is 1. The van der Waals surface area contributed by atoms with Crippen molar-refractivity contribution in [3.63, 3.8) is 0 Å². The number of nitrogens with zero attached hydrogens (tertiary/aromatic N) is 2. The quantitative estimate of drug-likeness (QED) is 0.645. The molecule has 0 fully saturated rings. The molecule has 18 heavy (non-hydrogen) atoms. The lowest BCUT2D eigenvalue weighted by Crippen LogP contribution is -2.32. The second-order valence-corrected chi connectivity index (χ2v) is 5.00. The van der Waals surface area contributed by atoms with E-state index in [9.17, 15) is 10.1 Å². The number of aryl methyl sites for hydroxylation is 1. The Labute approximate surface area is 108 Å². The fourth-order valence-electron chi connectivity index (χ4n) is 2.26. The Morgan fingerprint density at radius 2 is 2.00 bits per heavy atom. The van der Waals surface area contributed by atoms with Gasteiger partial charge in [-0.05, 0) is 26.8 Å². The number of pyridine rings is 1. The minimum atomic E-state index is -0.345. The number of nitrogens with one attached hydrogen (secondary N) is 1. The lowest BCUT2D eigenvalue weighted by molar-refractivity contribution is -0.385. The molecule has 0 saturated carbocycles. The predicted octanol–water partition coefficient (Wildman–Crippen LogP) is 2.65. The third-order valence-electron chi connectivity index (χ3n) is 3.35. The van der Waals surface area contributed by atoms with Crippen LogP contribution in [0.15, 0.2) is 12.3 Å². The summed E-state index contributed by atoms with van der Waals surface area (Å²) in [4.78, 5) is 15.0. The van der Waals surface area contributed by atoms with Crippen LogP contribution in [0.25, 0.3) is 0 Å². The largest absolute Gasteiger partial charge is 0.317 e. The van der Waals surface area contributed by atoms with Crippen molar-refractivity contribution in [1.82, 2.24) is 10.3 Å². The molecule has 0 aliphatic rings. The van der Waals surface area contributed by atoms with Gasteiger partial charge in [-0.3, -0.25) is 15.1 Å². The van der Waals surface area contributed by atoms with Crippen LogP contribution in [-0.2, 0) is 0 Å². The summed E-state index contributed by atoms with van der Waals surface area (Å²) in [6.45, 7) is 7.98. The first-order chi connectivity index (χ1) is 8.38. The van der Waals surface area contributed by atoms with E-state index in [4.69, 9.17) is 0 Å². The molecule has 1 heterocycles. The molecule has 1 aromatic heterocycles. The molecule has 2 atom stereocenters. The van der Waals surface area contributed by atoms with E-state index in [2.05, 4.69) is 31.1 Å². The van der Waals surface area contributed by atoms with E-state index < -0.39 is 0 Å². The molecule has 1 aromatic rings. The van der Waals surface area contributed by atoms with Crippen LogP contribution in [-0.4, -0.2) is 23.0 Å². The summed E-state index contributed by atoms with van der Waals surface area (Å²) in [6, 6.07) is 1.83. The van der Waals surface area contributed by atoms with Crippen molar-refractivity contribution in [2.45, 2.75) is 39.7 Å². The van der Waals surface area contributed by atoms with Gasteiger partial charge in [-0.15, -0.1) is 0 Å². The van der Waals surface area contributed by atoms with E-state index in [0.717, 1.165) is 5.69 Å². The summed E-state index contributed by atoms with van der Waals surface area (Å²) in [7, 11) is 1.89. The Bertz CT molecular complexity index is 432. The lowest BCUT2D eigenvalue weighted by atomic mass is 9.86. The van der Waals surface area contributed by atoms with Gasteiger partial charge in [0.25, 0.3) is 5.69 Å². The third-order valence-corrected chi connectivity index (χ3v) is 3.35. The monoisotopic (exact) mass is 251 g/mol. The number of rotatable bonds is 5. The van der Waals surface area contributed by atoms with E-state index in [1.165, 1.54) is 0 Å². The SMILES string of the molecule is CNC(C)C(c1cc([N+](=O)[O-])c(C)cn1)C(C)C. The van der Waals surface area contributed by atoms with Gasteiger partial charge >= 0.3 is 0 Å². The van der Waals surface area contributed by atoms with E-state index in [1.807, 2.05) is 7.05 Å². The van der Waals surface area contributed by atoms with Crippen LogP contribution in [0, 0.1) is 23.0 Å². The van der Waals surface area contributed by atoms with Crippen LogP contribution < -0.4 is 5.32 Å². The molecule has 0 aliphatic carbocycles. The van der Waals surface area contributed by atoms with Gasteiger partial charge < -0.3 is 5.32 Å². The molecule has 2 unspecified atom stereocenters. The van der Waals surface area contributed by atoms with Crippen molar-refractivity contribution in [3.05, 3.63) is 33.6 Å². The van der Waals surface area contributed by atoms with Crippen LogP contribution in [0.1, 0.15) is 37.9 Å². The zero-order valence-electron chi connectivity index (χ0n) is 11.6. The molecule has 1 rings (SSSR count). The van der Waals surface area contributed by atoms with Crippen molar-refractivity contribution < 1.29 is 4.92 Å². The van der Waals surface area contributed by atoms with E-state index in [-0.39, 0.29) is 22.6 Å². The first-order valence-electron chi connectivity index (χ1n) is 6.16. The van der Waals surface area contributed by atoms with Gasteiger partial charge in [-0.25, -0.2) is 0 Å². The molecule has 0 aromatic carbocycles.